The van der Waals surface area contributed by atoms with E-state index in [1.54, 1.807) is 0 Å². The zero-order chi connectivity index (χ0) is 17.4. The van der Waals surface area contributed by atoms with Gasteiger partial charge in [-0.3, -0.25) is 0 Å². The molecule has 0 bridgehead atoms. The molecule has 2 unspecified atom stereocenters. The van der Waals surface area contributed by atoms with Crippen LogP contribution in [0.5, 0.6) is 0 Å². The molecular formula is C20H26NO3+. The largest absolute Gasteiger partial charge is 0.519 e. The summed E-state index contributed by atoms with van der Waals surface area (Å²) in [6.07, 6.45) is 5.42. The summed E-state index contributed by atoms with van der Waals surface area (Å²) < 4.78 is 5.55. The highest BCUT2D eigenvalue weighted by atomic mass is 16.6. The average molecular weight is 328 g/mol. The molecule has 0 radical (unpaired) electrons. The van der Waals surface area contributed by atoms with Gasteiger partial charge in [0, 0.05) is 5.92 Å². The molecule has 128 valence electrons. The van der Waals surface area contributed by atoms with Gasteiger partial charge in [-0.05, 0) is 51.2 Å². The molecule has 2 fully saturated rings. The summed E-state index contributed by atoms with van der Waals surface area (Å²) in [5.74, 6) is 0.398. The van der Waals surface area contributed by atoms with Crippen molar-refractivity contribution in [2.24, 2.45) is 5.41 Å². The van der Waals surface area contributed by atoms with E-state index in [0.29, 0.717) is 17.4 Å². The zero-order valence-corrected chi connectivity index (χ0v) is 14.7. The van der Waals surface area contributed by atoms with E-state index < -0.39 is 5.60 Å². The van der Waals surface area contributed by atoms with Crippen molar-refractivity contribution in [3.8, 4) is 0 Å². The smallest absolute Gasteiger partial charge is 0.414 e. The summed E-state index contributed by atoms with van der Waals surface area (Å²) in [7, 11) is 0. The number of allylic oxidation sites excluding steroid dienone is 1. The Bertz CT molecular complexity index is 653. The van der Waals surface area contributed by atoms with Gasteiger partial charge in [0.2, 0.25) is 0 Å². The molecule has 0 spiro atoms. The number of carbonyl (C=O) groups excluding carboxylic acids is 2. The molecule has 0 aromatic heterocycles. The lowest BCUT2D eigenvalue weighted by Gasteiger charge is -2.22. The van der Waals surface area contributed by atoms with Gasteiger partial charge in [-0.1, -0.05) is 30.3 Å². The molecule has 2 aliphatic rings. The van der Waals surface area contributed by atoms with Crippen molar-refractivity contribution in [1.82, 2.24) is 0 Å². The molecule has 0 saturated heterocycles. The Kier molecular flexibility index (Phi) is 4.35. The summed E-state index contributed by atoms with van der Waals surface area (Å²) in [5.41, 5.74) is 1.68. The average Bonchev–Trinajstić information content (AvgIpc) is 3.42. The Hall–Kier alpha value is -1.94. The lowest BCUT2D eigenvalue weighted by Crippen LogP contribution is -3.11. The first-order valence-corrected chi connectivity index (χ1v) is 8.63. The minimum absolute atomic E-state index is 0.290. The van der Waals surface area contributed by atoms with Gasteiger partial charge >= 0.3 is 6.09 Å². The first-order chi connectivity index (χ1) is 11.3. The zero-order valence-electron chi connectivity index (χ0n) is 14.7. The predicted octanol–water partition coefficient (Wildman–Crippen LogP) is 2.86. The molecule has 2 atom stereocenters. The van der Waals surface area contributed by atoms with Crippen LogP contribution in [0.1, 0.15) is 51.5 Å². The van der Waals surface area contributed by atoms with Crippen LogP contribution in [0.2, 0.25) is 0 Å². The van der Waals surface area contributed by atoms with Gasteiger partial charge < -0.3 is 9.53 Å². The number of alkyl carbamates (subject to hydrolysis) is 2. The summed E-state index contributed by atoms with van der Waals surface area (Å²) in [6.45, 7) is 6.10. The fourth-order valence-electron chi connectivity index (χ4n) is 2.98. The number of hydrogen-bond donors (Lipinski definition) is 1. The molecule has 4 nitrogen and oxygen atoms in total. The number of amides is 1. The van der Waals surface area contributed by atoms with Gasteiger partial charge in [-0.2, -0.15) is 4.79 Å². The second-order valence-corrected chi connectivity index (χ2v) is 8.07. The van der Waals surface area contributed by atoms with Crippen LogP contribution in [0.25, 0.3) is 0 Å². The molecule has 1 aromatic carbocycles. The molecule has 2 aliphatic carbocycles. The number of quaternary nitrogens is 1. The van der Waals surface area contributed by atoms with Gasteiger partial charge in [0.05, 0.1) is 5.41 Å². The van der Waals surface area contributed by atoms with E-state index in [4.69, 9.17) is 4.74 Å². The number of carbonyl (C=O) groups is 2. The van der Waals surface area contributed by atoms with Crippen LogP contribution < -0.4 is 4.90 Å². The molecular weight excluding hydrogens is 302 g/mol. The van der Waals surface area contributed by atoms with Gasteiger partial charge in [-0.15, -0.1) is 0 Å². The molecule has 1 N–H and O–H groups in total. The van der Waals surface area contributed by atoms with Gasteiger partial charge in [0.1, 0.15) is 24.6 Å². The maximum Gasteiger partial charge on any atom is 0.519 e. The number of aldehydes is 1. The summed E-state index contributed by atoms with van der Waals surface area (Å²) in [6, 6.07) is 10.3. The third-order valence-corrected chi connectivity index (χ3v) is 4.63. The Labute approximate surface area is 143 Å². The second kappa shape index (κ2) is 6.17. The Balaban J connectivity index is 1.74. The topological polar surface area (TPSA) is 47.8 Å². The van der Waals surface area contributed by atoms with E-state index in [9.17, 15) is 9.59 Å². The standard InChI is InChI=1S/C20H25NO3/c1-19(2,3)24-18(23)21(13-20(14-22)9-10-20)12-16-11-17(16)15-7-5-4-6-8-15/h4-8,12,14,17H,9-11,13H2,1-3H3/p+1. The summed E-state index contributed by atoms with van der Waals surface area (Å²) in [5, 5.41) is 0. The fourth-order valence-corrected chi connectivity index (χ4v) is 2.98. The van der Waals surface area contributed by atoms with Crippen LogP contribution in [0.4, 0.5) is 4.79 Å². The monoisotopic (exact) mass is 328 g/mol. The molecule has 24 heavy (non-hydrogen) atoms. The van der Waals surface area contributed by atoms with E-state index in [0.717, 1.165) is 25.5 Å². The first-order valence-electron chi connectivity index (χ1n) is 8.63. The molecule has 2 saturated carbocycles. The number of ether oxygens (including phenoxy) is 1. The van der Waals surface area contributed by atoms with Gasteiger partial charge in [0.15, 0.2) is 0 Å². The highest BCUT2D eigenvalue weighted by molar-refractivity contribution is 5.65. The van der Waals surface area contributed by atoms with E-state index >= 15 is 0 Å². The highest BCUT2D eigenvalue weighted by Gasteiger charge is 2.49. The van der Waals surface area contributed by atoms with Crippen LogP contribution in [-0.2, 0) is 9.53 Å². The molecule has 4 heteroatoms. The van der Waals surface area contributed by atoms with Crippen molar-refractivity contribution < 1.29 is 19.2 Å². The number of hydrogen-bond acceptors (Lipinski definition) is 3. The van der Waals surface area contributed by atoms with Crippen LogP contribution in [-0.4, -0.2) is 24.5 Å². The highest BCUT2D eigenvalue weighted by Crippen LogP contribution is 2.46. The van der Waals surface area contributed by atoms with Gasteiger partial charge in [-0.25, -0.2) is 4.90 Å². The molecule has 0 heterocycles. The normalized spacial score (nSPS) is 24.3. The van der Waals surface area contributed by atoms with Crippen molar-refractivity contribution in [2.45, 2.75) is 51.6 Å². The molecule has 0 aliphatic heterocycles. The minimum atomic E-state index is -0.527. The van der Waals surface area contributed by atoms with Crippen molar-refractivity contribution >= 4 is 12.4 Å². The Morgan fingerprint density at radius 2 is 1.96 bits per heavy atom. The van der Waals surface area contributed by atoms with Crippen LogP contribution in [0, 0.1) is 5.41 Å². The summed E-state index contributed by atoms with van der Waals surface area (Å²) in [4.78, 5) is 24.5. The second-order valence-electron chi connectivity index (χ2n) is 8.07. The SMILES string of the molecule is CC(C)(C)OC(=O)[NH+](C=C1CC1c1ccccc1)CC1(C=O)CC1. The Morgan fingerprint density at radius 3 is 2.50 bits per heavy atom. The quantitative estimate of drug-likeness (QED) is 0.846. The molecule has 3 rings (SSSR count). The van der Waals surface area contributed by atoms with Crippen molar-refractivity contribution in [1.29, 1.82) is 0 Å². The van der Waals surface area contributed by atoms with E-state index in [2.05, 4.69) is 12.1 Å². The predicted molar refractivity (Wildman–Crippen MR) is 91.7 cm³/mol. The van der Waals surface area contributed by atoms with E-state index in [-0.39, 0.29) is 11.5 Å². The lowest BCUT2D eigenvalue weighted by atomic mass is 10.1. The van der Waals surface area contributed by atoms with Crippen LogP contribution in [0.3, 0.4) is 0 Å². The summed E-state index contributed by atoms with van der Waals surface area (Å²) >= 11 is 0. The van der Waals surface area contributed by atoms with Crippen LogP contribution in [0.15, 0.2) is 42.1 Å². The maximum atomic E-state index is 12.6. The van der Waals surface area contributed by atoms with Crippen molar-refractivity contribution in [2.75, 3.05) is 6.54 Å². The number of rotatable bonds is 5. The first kappa shape index (κ1) is 16.9. The van der Waals surface area contributed by atoms with Crippen LogP contribution >= 0.6 is 0 Å². The number of benzene rings is 1. The van der Waals surface area contributed by atoms with E-state index in [1.807, 2.05) is 45.2 Å². The third-order valence-electron chi connectivity index (χ3n) is 4.63. The van der Waals surface area contributed by atoms with Crippen molar-refractivity contribution in [3.05, 3.63) is 47.7 Å². The molecule has 1 aromatic rings. The minimum Gasteiger partial charge on any atom is -0.414 e. The molecule has 1 amide bonds. The Morgan fingerprint density at radius 1 is 1.29 bits per heavy atom. The maximum absolute atomic E-state index is 12.6. The lowest BCUT2D eigenvalue weighted by molar-refractivity contribution is -0.773. The fraction of sp³-hybridized carbons (Fsp3) is 0.500. The van der Waals surface area contributed by atoms with E-state index in [1.165, 1.54) is 11.1 Å². The third kappa shape index (κ3) is 4.12. The van der Waals surface area contributed by atoms with Gasteiger partial charge in [0.25, 0.3) is 0 Å². The van der Waals surface area contributed by atoms with Crippen molar-refractivity contribution in [3.63, 3.8) is 0 Å². The number of nitrogens with one attached hydrogen (secondary N) is 1.